The number of hydrogen-bond acceptors (Lipinski definition) is 3. The molecule has 0 aromatic heterocycles. The SMILES string of the molecule is O=C(O)C1(C(F)F)C=CNN1. The van der Waals surface area contributed by atoms with Crippen LogP contribution >= 0.6 is 0 Å². The van der Waals surface area contributed by atoms with Gasteiger partial charge < -0.3 is 10.5 Å². The van der Waals surface area contributed by atoms with Gasteiger partial charge in [-0.1, -0.05) is 0 Å². The number of rotatable bonds is 2. The van der Waals surface area contributed by atoms with E-state index in [9.17, 15) is 13.6 Å². The number of halogens is 2. The molecular weight excluding hydrogens is 158 g/mol. The fourth-order valence-corrected chi connectivity index (χ4v) is 0.721. The standard InChI is InChI=1S/C5H6F2N2O2/c6-3(7)5(4(10)11)1-2-8-9-5/h1-3,8-9H,(H,10,11). The third kappa shape index (κ3) is 1.05. The molecule has 1 heterocycles. The van der Waals surface area contributed by atoms with Gasteiger partial charge >= 0.3 is 5.97 Å². The minimum atomic E-state index is -2.98. The van der Waals surface area contributed by atoms with Crippen molar-refractivity contribution in [2.45, 2.75) is 12.0 Å². The first-order chi connectivity index (χ1) is 5.09. The Bertz CT molecular complexity index is 207. The Morgan fingerprint density at radius 3 is 2.45 bits per heavy atom. The minimum absolute atomic E-state index is 0.875. The van der Waals surface area contributed by atoms with E-state index in [1.807, 2.05) is 5.43 Å². The summed E-state index contributed by atoms with van der Waals surface area (Å²) in [4.78, 5) is 10.3. The highest BCUT2D eigenvalue weighted by Crippen LogP contribution is 2.19. The molecule has 0 fully saturated rings. The fourth-order valence-electron chi connectivity index (χ4n) is 0.721. The second-order valence-electron chi connectivity index (χ2n) is 2.08. The molecule has 1 atom stereocenters. The molecule has 11 heavy (non-hydrogen) atoms. The Morgan fingerprint density at radius 2 is 2.27 bits per heavy atom. The molecule has 0 amide bonds. The van der Waals surface area contributed by atoms with Crippen molar-refractivity contribution < 1.29 is 18.7 Å². The van der Waals surface area contributed by atoms with Gasteiger partial charge in [-0.05, 0) is 6.08 Å². The summed E-state index contributed by atoms with van der Waals surface area (Å²) >= 11 is 0. The van der Waals surface area contributed by atoms with E-state index in [1.54, 1.807) is 0 Å². The summed E-state index contributed by atoms with van der Waals surface area (Å²) in [5.41, 5.74) is 1.88. The first-order valence-electron chi connectivity index (χ1n) is 2.81. The molecule has 0 saturated heterocycles. The van der Waals surface area contributed by atoms with Crippen molar-refractivity contribution in [1.82, 2.24) is 10.9 Å². The second kappa shape index (κ2) is 2.46. The molecule has 0 aromatic rings. The molecule has 0 spiro atoms. The lowest BCUT2D eigenvalue weighted by Crippen LogP contribution is -2.56. The van der Waals surface area contributed by atoms with Crippen LogP contribution in [0.15, 0.2) is 12.3 Å². The minimum Gasteiger partial charge on any atom is -0.479 e. The van der Waals surface area contributed by atoms with E-state index in [1.165, 1.54) is 0 Å². The number of carboxylic acid groups (broad SMARTS) is 1. The van der Waals surface area contributed by atoms with E-state index in [2.05, 4.69) is 5.43 Å². The van der Waals surface area contributed by atoms with E-state index in [4.69, 9.17) is 5.11 Å². The Labute approximate surface area is 60.9 Å². The molecule has 1 aliphatic heterocycles. The number of alkyl halides is 2. The largest absolute Gasteiger partial charge is 0.479 e. The molecule has 1 aliphatic rings. The predicted molar refractivity (Wildman–Crippen MR) is 31.8 cm³/mol. The first-order valence-corrected chi connectivity index (χ1v) is 2.81. The van der Waals surface area contributed by atoms with E-state index in [0.717, 1.165) is 12.3 Å². The van der Waals surface area contributed by atoms with Crippen LogP contribution in [0.4, 0.5) is 8.78 Å². The lowest BCUT2D eigenvalue weighted by molar-refractivity contribution is -0.148. The van der Waals surface area contributed by atoms with E-state index >= 15 is 0 Å². The van der Waals surface area contributed by atoms with Crippen LogP contribution in [0.2, 0.25) is 0 Å². The number of hydrogen-bond donors (Lipinski definition) is 3. The van der Waals surface area contributed by atoms with Crippen LogP contribution in [0.5, 0.6) is 0 Å². The summed E-state index contributed by atoms with van der Waals surface area (Å²) < 4.78 is 24.2. The third-order valence-corrected chi connectivity index (χ3v) is 1.41. The van der Waals surface area contributed by atoms with Crippen LogP contribution in [0, 0.1) is 0 Å². The summed E-state index contributed by atoms with van der Waals surface area (Å²) in [7, 11) is 0. The molecule has 1 rings (SSSR count). The van der Waals surface area contributed by atoms with Gasteiger partial charge in [0.05, 0.1) is 0 Å². The van der Waals surface area contributed by atoms with Gasteiger partial charge in [0, 0.05) is 6.20 Å². The Morgan fingerprint density at radius 1 is 1.64 bits per heavy atom. The zero-order valence-corrected chi connectivity index (χ0v) is 5.34. The highest BCUT2D eigenvalue weighted by atomic mass is 19.3. The van der Waals surface area contributed by atoms with Crippen LogP contribution < -0.4 is 10.9 Å². The average molecular weight is 164 g/mol. The van der Waals surface area contributed by atoms with Gasteiger partial charge in [0.15, 0.2) is 0 Å². The van der Waals surface area contributed by atoms with Gasteiger partial charge in [-0.2, -0.15) is 0 Å². The Kier molecular flexibility index (Phi) is 1.77. The molecule has 6 heteroatoms. The molecule has 0 radical (unpaired) electrons. The van der Waals surface area contributed by atoms with Crippen molar-refractivity contribution >= 4 is 5.97 Å². The van der Waals surface area contributed by atoms with Gasteiger partial charge in [0.2, 0.25) is 5.54 Å². The van der Waals surface area contributed by atoms with Crippen molar-refractivity contribution in [3.05, 3.63) is 12.3 Å². The lowest BCUT2D eigenvalue weighted by atomic mass is 10.0. The molecular formula is C5H6F2N2O2. The molecule has 4 nitrogen and oxygen atoms in total. The number of nitrogens with one attached hydrogen (secondary N) is 2. The second-order valence-corrected chi connectivity index (χ2v) is 2.08. The van der Waals surface area contributed by atoms with Gasteiger partial charge in [0.25, 0.3) is 6.43 Å². The van der Waals surface area contributed by atoms with Crippen molar-refractivity contribution in [2.75, 3.05) is 0 Å². The summed E-state index contributed by atoms with van der Waals surface area (Å²) in [5, 5.41) is 8.40. The summed E-state index contributed by atoms with van der Waals surface area (Å²) in [6.07, 6.45) is -0.980. The van der Waals surface area contributed by atoms with Crippen molar-refractivity contribution in [3.8, 4) is 0 Å². The van der Waals surface area contributed by atoms with Crippen molar-refractivity contribution in [3.63, 3.8) is 0 Å². The third-order valence-electron chi connectivity index (χ3n) is 1.41. The summed E-state index contributed by atoms with van der Waals surface area (Å²) in [5.74, 6) is -1.60. The maximum absolute atomic E-state index is 12.1. The quantitative estimate of drug-likeness (QED) is 0.524. The van der Waals surface area contributed by atoms with Crippen LogP contribution in [-0.4, -0.2) is 23.0 Å². The summed E-state index contributed by atoms with van der Waals surface area (Å²) in [6.45, 7) is 0. The number of carboxylic acids is 1. The van der Waals surface area contributed by atoms with Crippen LogP contribution in [0.1, 0.15) is 0 Å². The topological polar surface area (TPSA) is 61.4 Å². The Hall–Kier alpha value is -1.17. The number of aliphatic carboxylic acids is 1. The maximum atomic E-state index is 12.1. The molecule has 1 unspecified atom stereocenters. The van der Waals surface area contributed by atoms with Gasteiger partial charge in [-0.25, -0.2) is 19.0 Å². The molecule has 0 aromatic carbocycles. The zero-order chi connectivity index (χ0) is 8.48. The highest BCUT2D eigenvalue weighted by Gasteiger charge is 2.47. The summed E-state index contributed by atoms with van der Waals surface area (Å²) in [6, 6.07) is 0. The zero-order valence-electron chi connectivity index (χ0n) is 5.34. The highest BCUT2D eigenvalue weighted by molar-refractivity contribution is 5.82. The molecule has 0 bridgehead atoms. The van der Waals surface area contributed by atoms with Gasteiger partial charge in [-0.3, -0.25) is 0 Å². The van der Waals surface area contributed by atoms with E-state index < -0.39 is 17.9 Å². The van der Waals surface area contributed by atoms with Crippen molar-refractivity contribution in [2.24, 2.45) is 0 Å². The van der Waals surface area contributed by atoms with Gasteiger partial charge in [-0.15, -0.1) is 0 Å². The average Bonchev–Trinajstić information content (AvgIpc) is 2.34. The number of carbonyl (C=O) groups is 1. The molecule has 0 aliphatic carbocycles. The number of hydrazine groups is 1. The maximum Gasteiger partial charge on any atom is 0.335 e. The van der Waals surface area contributed by atoms with Gasteiger partial charge in [0.1, 0.15) is 0 Å². The van der Waals surface area contributed by atoms with Crippen LogP contribution in [0.25, 0.3) is 0 Å². The molecule has 0 saturated carbocycles. The van der Waals surface area contributed by atoms with E-state index in [-0.39, 0.29) is 0 Å². The van der Waals surface area contributed by atoms with Crippen LogP contribution in [0.3, 0.4) is 0 Å². The first kappa shape index (κ1) is 7.93. The normalized spacial score (nSPS) is 29.0. The monoisotopic (exact) mass is 164 g/mol. The fraction of sp³-hybridized carbons (Fsp3) is 0.400. The van der Waals surface area contributed by atoms with Crippen molar-refractivity contribution in [1.29, 1.82) is 0 Å². The smallest absolute Gasteiger partial charge is 0.335 e. The molecule has 3 N–H and O–H groups in total. The lowest BCUT2D eigenvalue weighted by Gasteiger charge is -2.20. The predicted octanol–water partition coefficient (Wildman–Crippen LogP) is -0.304. The molecule has 62 valence electrons. The Balaban J connectivity index is 2.89. The van der Waals surface area contributed by atoms with E-state index in [0.29, 0.717) is 0 Å². The van der Waals surface area contributed by atoms with Crippen LogP contribution in [-0.2, 0) is 4.79 Å².